The number of carbonyl (C=O) groups excluding carboxylic acids is 2. The molecule has 0 aromatic heterocycles. The summed E-state index contributed by atoms with van der Waals surface area (Å²) in [5.41, 5.74) is 0.120. The van der Waals surface area contributed by atoms with Crippen LogP contribution in [-0.4, -0.2) is 43.7 Å². The minimum atomic E-state index is -0.0560. The second kappa shape index (κ2) is 6.90. The molecule has 0 aromatic carbocycles. The van der Waals surface area contributed by atoms with Crippen molar-refractivity contribution in [2.45, 2.75) is 63.8 Å². The summed E-state index contributed by atoms with van der Waals surface area (Å²) in [7, 11) is 0. The van der Waals surface area contributed by atoms with Crippen molar-refractivity contribution in [2.75, 3.05) is 26.2 Å². The van der Waals surface area contributed by atoms with E-state index in [1.807, 2.05) is 6.92 Å². The number of amides is 1. The summed E-state index contributed by atoms with van der Waals surface area (Å²) in [6, 6.07) is 0. The smallest absolute Gasteiger partial charge is 0.309 e. The second-order valence-electron chi connectivity index (χ2n) is 9.20. The number of hydrogen-bond donors (Lipinski definition) is 2. The van der Waals surface area contributed by atoms with Gasteiger partial charge < -0.3 is 15.0 Å². The van der Waals surface area contributed by atoms with E-state index in [0.29, 0.717) is 13.2 Å². The van der Waals surface area contributed by atoms with Gasteiger partial charge in [0, 0.05) is 18.4 Å². The minimum absolute atomic E-state index is 0.0370. The van der Waals surface area contributed by atoms with Crippen LogP contribution in [0, 0.1) is 23.7 Å². The van der Waals surface area contributed by atoms with Gasteiger partial charge in [0.2, 0.25) is 0 Å². The van der Waals surface area contributed by atoms with E-state index < -0.39 is 0 Å². The largest absolute Gasteiger partial charge is 0.466 e. The maximum atomic E-state index is 12.7. The first-order valence-corrected chi connectivity index (χ1v) is 10.4. The first-order valence-electron chi connectivity index (χ1n) is 10.4. The molecule has 5 rings (SSSR count). The molecule has 5 aliphatic rings. The van der Waals surface area contributed by atoms with Crippen molar-refractivity contribution < 1.29 is 19.2 Å². The molecular formula is C20H33N2O3+. The Morgan fingerprint density at radius 1 is 1.04 bits per heavy atom. The van der Waals surface area contributed by atoms with Crippen LogP contribution in [0.5, 0.6) is 0 Å². The summed E-state index contributed by atoms with van der Waals surface area (Å²) in [5, 5.41) is 3.47. The fourth-order valence-electron chi connectivity index (χ4n) is 6.53. The lowest BCUT2D eigenvalue weighted by atomic mass is 9.53. The van der Waals surface area contributed by atoms with Crippen molar-refractivity contribution in [3.05, 3.63) is 0 Å². The molecule has 4 saturated carbocycles. The van der Waals surface area contributed by atoms with Gasteiger partial charge in [-0.25, -0.2) is 0 Å². The summed E-state index contributed by atoms with van der Waals surface area (Å²) in [6.07, 6.45) is 9.55. The molecule has 1 heterocycles. The van der Waals surface area contributed by atoms with E-state index in [0.717, 1.165) is 43.7 Å². The number of esters is 1. The van der Waals surface area contributed by atoms with Crippen molar-refractivity contribution in [1.29, 1.82) is 0 Å². The number of piperidine rings is 1. The number of nitrogens with one attached hydrogen (secondary N) is 2. The summed E-state index contributed by atoms with van der Waals surface area (Å²) >= 11 is 0. The molecule has 25 heavy (non-hydrogen) atoms. The van der Waals surface area contributed by atoms with E-state index in [-0.39, 0.29) is 23.3 Å². The topological polar surface area (TPSA) is 59.8 Å². The van der Waals surface area contributed by atoms with Crippen LogP contribution in [0.25, 0.3) is 0 Å². The third-order valence-electron chi connectivity index (χ3n) is 7.17. The molecule has 0 spiro atoms. The van der Waals surface area contributed by atoms with Crippen LogP contribution in [0.3, 0.4) is 0 Å². The zero-order valence-corrected chi connectivity index (χ0v) is 15.5. The number of ether oxygens (including phenoxy) is 1. The molecule has 2 N–H and O–H groups in total. The van der Waals surface area contributed by atoms with E-state index >= 15 is 0 Å². The first kappa shape index (κ1) is 17.3. The molecule has 4 bridgehead atoms. The molecule has 5 nitrogen and oxygen atoms in total. The van der Waals surface area contributed by atoms with Gasteiger partial charge >= 0.3 is 5.97 Å². The number of hydrogen-bond acceptors (Lipinski definition) is 3. The van der Waals surface area contributed by atoms with Crippen molar-refractivity contribution in [2.24, 2.45) is 23.7 Å². The quantitative estimate of drug-likeness (QED) is 0.726. The van der Waals surface area contributed by atoms with E-state index in [9.17, 15) is 9.59 Å². The lowest BCUT2D eigenvalue weighted by Gasteiger charge is -2.56. The molecule has 0 unspecified atom stereocenters. The predicted octanol–water partition coefficient (Wildman–Crippen LogP) is 0.929. The van der Waals surface area contributed by atoms with Crippen molar-refractivity contribution in [3.63, 3.8) is 0 Å². The van der Waals surface area contributed by atoms with Crippen LogP contribution in [0.2, 0.25) is 0 Å². The third kappa shape index (κ3) is 3.71. The summed E-state index contributed by atoms with van der Waals surface area (Å²) in [5.74, 6) is 2.79. The van der Waals surface area contributed by atoms with Gasteiger partial charge in [0.25, 0.3) is 5.91 Å². The maximum Gasteiger partial charge on any atom is 0.309 e. The van der Waals surface area contributed by atoms with Gasteiger partial charge in [0.1, 0.15) is 0 Å². The van der Waals surface area contributed by atoms with Crippen LogP contribution in [0.4, 0.5) is 0 Å². The Morgan fingerprint density at radius 3 is 2.12 bits per heavy atom. The van der Waals surface area contributed by atoms with Gasteiger partial charge in [0.15, 0.2) is 6.54 Å². The van der Waals surface area contributed by atoms with E-state index in [2.05, 4.69) is 5.32 Å². The zero-order chi connectivity index (χ0) is 17.4. The Labute approximate surface area is 150 Å². The monoisotopic (exact) mass is 349 g/mol. The molecule has 5 heteroatoms. The normalized spacial score (nSPS) is 42.2. The predicted molar refractivity (Wildman–Crippen MR) is 94.0 cm³/mol. The van der Waals surface area contributed by atoms with E-state index in [1.54, 1.807) is 0 Å². The standard InChI is InChI=1S/C20H32N2O3/c1-2-25-19(24)17-3-5-22(6-4-17)13-18(23)21-20-10-14-7-15(11-20)9-16(8-14)12-20/h14-17H,2-13H2,1H3,(H,21,23)/p+1. The Hall–Kier alpha value is -1.10. The first-order chi connectivity index (χ1) is 12.0. The molecule has 140 valence electrons. The highest BCUT2D eigenvalue weighted by molar-refractivity contribution is 5.78. The Bertz CT molecular complexity index is 490. The lowest BCUT2D eigenvalue weighted by Crippen LogP contribution is -3.14. The van der Waals surface area contributed by atoms with Gasteiger partial charge in [-0.15, -0.1) is 0 Å². The molecular weight excluding hydrogens is 316 g/mol. The van der Waals surface area contributed by atoms with Crippen LogP contribution in [0.15, 0.2) is 0 Å². The van der Waals surface area contributed by atoms with Crippen molar-refractivity contribution in [3.8, 4) is 0 Å². The highest BCUT2D eigenvalue weighted by atomic mass is 16.5. The van der Waals surface area contributed by atoms with Crippen molar-refractivity contribution in [1.82, 2.24) is 5.32 Å². The van der Waals surface area contributed by atoms with E-state index in [1.165, 1.54) is 43.4 Å². The molecule has 1 saturated heterocycles. The van der Waals surface area contributed by atoms with Crippen LogP contribution in [0.1, 0.15) is 58.3 Å². The fourth-order valence-corrected chi connectivity index (χ4v) is 6.53. The average Bonchev–Trinajstić information content (AvgIpc) is 2.53. The Morgan fingerprint density at radius 2 is 1.60 bits per heavy atom. The van der Waals surface area contributed by atoms with Gasteiger partial charge in [0.05, 0.1) is 25.6 Å². The fraction of sp³-hybridized carbons (Fsp3) is 0.900. The van der Waals surface area contributed by atoms with E-state index in [4.69, 9.17) is 4.74 Å². The second-order valence-corrected chi connectivity index (χ2v) is 9.20. The average molecular weight is 349 g/mol. The third-order valence-corrected chi connectivity index (χ3v) is 7.17. The van der Waals surface area contributed by atoms with Gasteiger partial charge in [-0.05, 0) is 63.2 Å². The molecule has 4 aliphatic carbocycles. The summed E-state index contributed by atoms with van der Waals surface area (Å²) in [6.45, 7) is 4.68. The Balaban J connectivity index is 1.26. The highest BCUT2D eigenvalue weighted by Crippen LogP contribution is 2.55. The highest BCUT2D eigenvalue weighted by Gasteiger charge is 2.51. The van der Waals surface area contributed by atoms with Gasteiger partial charge in [-0.2, -0.15) is 0 Å². The van der Waals surface area contributed by atoms with Gasteiger partial charge in [-0.1, -0.05) is 0 Å². The molecule has 1 amide bonds. The zero-order valence-electron chi connectivity index (χ0n) is 15.5. The minimum Gasteiger partial charge on any atom is -0.466 e. The van der Waals surface area contributed by atoms with Gasteiger partial charge in [-0.3, -0.25) is 9.59 Å². The molecule has 0 radical (unpaired) electrons. The number of carbonyl (C=O) groups is 2. The molecule has 5 fully saturated rings. The molecule has 0 atom stereocenters. The van der Waals surface area contributed by atoms with Crippen LogP contribution >= 0.6 is 0 Å². The van der Waals surface area contributed by atoms with Crippen LogP contribution < -0.4 is 10.2 Å². The number of rotatable bonds is 5. The Kier molecular flexibility index (Phi) is 4.78. The summed E-state index contributed by atoms with van der Waals surface area (Å²) in [4.78, 5) is 25.8. The lowest BCUT2D eigenvalue weighted by molar-refractivity contribution is -0.897. The number of likely N-dealkylation sites (tertiary alicyclic amines) is 1. The molecule has 1 aliphatic heterocycles. The SMILES string of the molecule is CCOC(=O)C1CC[NH+](CC(=O)NC23CC4CC(CC(C4)C2)C3)CC1. The van der Waals surface area contributed by atoms with Crippen LogP contribution in [-0.2, 0) is 14.3 Å². The van der Waals surface area contributed by atoms with Crippen molar-refractivity contribution >= 4 is 11.9 Å². The number of quaternary nitrogens is 1. The summed E-state index contributed by atoms with van der Waals surface area (Å²) < 4.78 is 5.13. The maximum absolute atomic E-state index is 12.7. The molecule has 0 aromatic rings.